The van der Waals surface area contributed by atoms with Crippen molar-refractivity contribution in [3.63, 3.8) is 0 Å². The molecular formula is C16H16N3+. The van der Waals surface area contributed by atoms with Gasteiger partial charge in [-0.1, -0.05) is 30.3 Å². The van der Waals surface area contributed by atoms with Crippen LogP contribution in [0.1, 0.15) is 0 Å². The molecule has 0 aliphatic carbocycles. The second kappa shape index (κ2) is 4.69. The minimum atomic E-state index is 1.00. The number of aromatic nitrogens is 3. The van der Waals surface area contributed by atoms with Gasteiger partial charge in [0.05, 0.1) is 5.69 Å². The molecule has 0 unspecified atom stereocenters. The van der Waals surface area contributed by atoms with E-state index in [4.69, 9.17) is 0 Å². The Morgan fingerprint density at radius 2 is 1.74 bits per heavy atom. The fourth-order valence-electron chi connectivity index (χ4n) is 2.25. The maximum absolute atomic E-state index is 4.60. The third kappa shape index (κ3) is 2.15. The number of hydrogen-bond donors (Lipinski definition) is 0. The maximum atomic E-state index is 4.60. The molecule has 0 N–H and O–H groups in total. The van der Waals surface area contributed by atoms with Gasteiger partial charge >= 0.3 is 0 Å². The highest BCUT2D eigenvalue weighted by molar-refractivity contribution is 5.65. The smallest absolute Gasteiger partial charge is 0.230 e. The number of benzene rings is 1. The zero-order valence-electron chi connectivity index (χ0n) is 11.1. The van der Waals surface area contributed by atoms with E-state index in [-0.39, 0.29) is 0 Å². The molecule has 0 fully saturated rings. The minimum absolute atomic E-state index is 1.00. The molecule has 3 aromatic rings. The summed E-state index contributed by atoms with van der Waals surface area (Å²) in [6, 6.07) is 18.6. The lowest BCUT2D eigenvalue weighted by Gasteiger charge is -1.98. The molecule has 3 rings (SSSR count). The fourth-order valence-corrected chi connectivity index (χ4v) is 2.25. The molecule has 0 spiro atoms. The lowest BCUT2D eigenvalue weighted by molar-refractivity contribution is -0.660. The fraction of sp³-hybridized carbons (Fsp3) is 0.125. The zero-order chi connectivity index (χ0) is 13.2. The van der Waals surface area contributed by atoms with Gasteiger partial charge in [-0.3, -0.25) is 4.68 Å². The molecule has 2 heterocycles. The summed E-state index contributed by atoms with van der Waals surface area (Å²) in [7, 11) is 4.03. The van der Waals surface area contributed by atoms with E-state index in [1.807, 2.05) is 55.3 Å². The van der Waals surface area contributed by atoms with Crippen LogP contribution in [0.5, 0.6) is 0 Å². The zero-order valence-corrected chi connectivity index (χ0v) is 11.1. The largest absolute Gasteiger partial charge is 0.261 e. The van der Waals surface area contributed by atoms with Gasteiger partial charge in [0.1, 0.15) is 12.7 Å². The van der Waals surface area contributed by atoms with Gasteiger partial charge in [0.2, 0.25) is 5.69 Å². The Balaban J connectivity index is 2.11. The van der Waals surface area contributed by atoms with Gasteiger partial charge in [-0.25, -0.2) is 0 Å². The highest BCUT2D eigenvalue weighted by Gasteiger charge is 2.15. The van der Waals surface area contributed by atoms with Crippen molar-refractivity contribution in [3.8, 4) is 22.6 Å². The third-order valence-electron chi connectivity index (χ3n) is 3.27. The lowest BCUT2D eigenvalue weighted by atomic mass is 10.1. The van der Waals surface area contributed by atoms with Gasteiger partial charge in [-0.2, -0.15) is 9.67 Å². The van der Waals surface area contributed by atoms with Crippen molar-refractivity contribution in [2.45, 2.75) is 0 Å². The number of aryl methyl sites for hydroxylation is 2. The minimum Gasteiger partial charge on any atom is -0.261 e. The molecule has 0 aliphatic rings. The van der Waals surface area contributed by atoms with E-state index in [1.165, 1.54) is 0 Å². The SMILES string of the molecule is Cn1nc(-c2ccccc2)cc1-c1cccc[n+]1C. The van der Waals surface area contributed by atoms with Crippen molar-refractivity contribution in [3.05, 3.63) is 60.8 Å². The number of hydrogen-bond acceptors (Lipinski definition) is 1. The van der Waals surface area contributed by atoms with Crippen molar-refractivity contribution in [1.29, 1.82) is 0 Å². The number of nitrogens with zero attached hydrogens (tertiary/aromatic N) is 3. The first kappa shape index (κ1) is 11.7. The highest BCUT2D eigenvalue weighted by atomic mass is 15.3. The van der Waals surface area contributed by atoms with Crippen LogP contribution in [0.15, 0.2) is 60.8 Å². The van der Waals surface area contributed by atoms with Crippen LogP contribution in [0.2, 0.25) is 0 Å². The molecule has 19 heavy (non-hydrogen) atoms. The summed E-state index contributed by atoms with van der Waals surface area (Å²) in [4.78, 5) is 0. The molecule has 0 radical (unpaired) electrons. The van der Waals surface area contributed by atoms with Crippen LogP contribution < -0.4 is 4.57 Å². The van der Waals surface area contributed by atoms with Crippen molar-refractivity contribution in [1.82, 2.24) is 9.78 Å². The lowest BCUT2D eigenvalue weighted by Crippen LogP contribution is -2.30. The number of pyridine rings is 1. The second-order valence-corrected chi connectivity index (χ2v) is 4.60. The summed E-state index contributed by atoms with van der Waals surface area (Å²) in [6.45, 7) is 0. The Morgan fingerprint density at radius 3 is 2.47 bits per heavy atom. The second-order valence-electron chi connectivity index (χ2n) is 4.60. The topological polar surface area (TPSA) is 21.7 Å². The molecule has 1 aromatic carbocycles. The van der Waals surface area contributed by atoms with Gasteiger partial charge in [0, 0.05) is 24.7 Å². The van der Waals surface area contributed by atoms with E-state index in [1.54, 1.807) is 0 Å². The first-order chi connectivity index (χ1) is 9.25. The van der Waals surface area contributed by atoms with Crippen LogP contribution in [0.3, 0.4) is 0 Å². The van der Waals surface area contributed by atoms with Gasteiger partial charge in [0.25, 0.3) is 0 Å². The van der Waals surface area contributed by atoms with Gasteiger partial charge in [-0.15, -0.1) is 0 Å². The Bertz CT molecular complexity index is 699. The predicted molar refractivity (Wildman–Crippen MR) is 75.3 cm³/mol. The Hall–Kier alpha value is -2.42. The van der Waals surface area contributed by atoms with Crippen LogP contribution in [0, 0.1) is 0 Å². The predicted octanol–water partition coefficient (Wildman–Crippen LogP) is 2.58. The molecule has 3 heteroatoms. The molecule has 0 saturated heterocycles. The molecule has 0 aliphatic heterocycles. The molecule has 3 nitrogen and oxygen atoms in total. The highest BCUT2D eigenvalue weighted by Crippen LogP contribution is 2.23. The number of rotatable bonds is 2. The summed E-state index contributed by atoms with van der Waals surface area (Å²) in [5.74, 6) is 0. The van der Waals surface area contributed by atoms with Crippen LogP contribution in [-0.4, -0.2) is 9.78 Å². The summed E-state index contributed by atoms with van der Waals surface area (Å²) in [5.41, 5.74) is 4.41. The quantitative estimate of drug-likeness (QED) is 0.641. The molecule has 0 atom stereocenters. The normalized spacial score (nSPS) is 10.6. The summed E-state index contributed by atoms with van der Waals surface area (Å²) in [6.07, 6.45) is 2.05. The molecule has 0 amide bonds. The van der Waals surface area contributed by atoms with Crippen molar-refractivity contribution >= 4 is 0 Å². The summed E-state index contributed by atoms with van der Waals surface area (Å²) >= 11 is 0. The molecular weight excluding hydrogens is 234 g/mol. The Labute approximate surface area is 112 Å². The van der Waals surface area contributed by atoms with E-state index < -0.39 is 0 Å². The molecule has 0 bridgehead atoms. The maximum Gasteiger partial charge on any atom is 0.230 e. The standard InChI is InChI=1S/C16H16N3/c1-18-11-7-6-10-15(18)16-12-14(17-19(16)2)13-8-4-3-5-9-13/h3-12H,1-2H3/q+1. The summed E-state index contributed by atoms with van der Waals surface area (Å²) in [5, 5.41) is 4.60. The average Bonchev–Trinajstić information content (AvgIpc) is 2.82. The van der Waals surface area contributed by atoms with Crippen LogP contribution in [0.25, 0.3) is 22.6 Å². The van der Waals surface area contributed by atoms with Crippen molar-refractivity contribution < 1.29 is 4.57 Å². The van der Waals surface area contributed by atoms with Crippen LogP contribution in [0.4, 0.5) is 0 Å². The van der Waals surface area contributed by atoms with E-state index in [2.05, 4.69) is 33.9 Å². The van der Waals surface area contributed by atoms with E-state index >= 15 is 0 Å². The van der Waals surface area contributed by atoms with Gasteiger partial charge < -0.3 is 0 Å². The van der Waals surface area contributed by atoms with Gasteiger partial charge in [0.15, 0.2) is 6.20 Å². The van der Waals surface area contributed by atoms with Crippen molar-refractivity contribution in [2.75, 3.05) is 0 Å². The first-order valence-corrected chi connectivity index (χ1v) is 6.30. The van der Waals surface area contributed by atoms with E-state index in [0.717, 1.165) is 22.6 Å². The monoisotopic (exact) mass is 250 g/mol. The molecule has 2 aromatic heterocycles. The first-order valence-electron chi connectivity index (χ1n) is 6.30. The Morgan fingerprint density at radius 1 is 1.00 bits per heavy atom. The van der Waals surface area contributed by atoms with Crippen LogP contribution >= 0.6 is 0 Å². The average molecular weight is 250 g/mol. The van der Waals surface area contributed by atoms with Crippen molar-refractivity contribution in [2.24, 2.45) is 14.1 Å². The molecule has 94 valence electrons. The molecule has 0 saturated carbocycles. The van der Waals surface area contributed by atoms with E-state index in [0.29, 0.717) is 0 Å². The van der Waals surface area contributed by atoms with E-state index in [9.17, 15) is 0 Å². The Kier molecular flexibility index (Phi) is 2.88. The summed E-state index contributed by atoms with van der Waals surface area (Å²) < 4.78 is 4.03. The van der Waals surface area contributed by atoms with Gasteiger partial charge in [-0.05, 0) is 12.1 Å². The third-order valence-corrected chi connectivity index (χ3v) is 3.27. The van der Waals surface area contributed by atoms with Crippen LogP contribution in [-0.2, 0) is 14.1 Å².